The molecule has 3 rings (SSSR count). The second kappa shape index (κ2) is 3.52. The number of aliphatic hydroxyl groups excluding tert-OH is 1. The van der Waals surface area contributed by atoms with Crippen molar-refractivity contribution < 1.29 is 10.2 Å². The van der Waals surface area contributed by atoms with Gasteiger partial charge in [-0.1, -0.05) is 18.2 Å². The third-order valence-electron chi connectivity index (χ3n) is 3.20. The van der Waals surface area contributed by atoms with Crippen LogP contribution in [0, 0.1) is 6.10 Å². The Bertz CT molecular complexity index is 524. The largest absolute Gasteiger partial charge is 0.383 e. The monoisotopic (exact) mass is 234 g/mol. The van der Waals surface area contributed by atoms with E-state index in [4.69, 9.17) is 0 Å². The standard InChI is InChI=1S/C12H12NO2S/c14-10-6-3-7-12(10,15)11-8-4-1-2-5-9(8)16-13-11/h1-2,4-5,14-15H,3,6-7H2/t12-/m1/s1. The molecule has 1 aromatic heterocycles. The minimum Gasteiger partial charge on any atom is -0.383 e. The predicted octanol–water partition coefficient (Wildman–Crippen LogP) is 2.57. The Morgan fingerprint density at radius 3 is 2.88 bits per heavy atom. The summed E-state index contributed by atoms with van der Waals surface area (Å²) in [6.07, 6.45) is 2.10. The molecule has 1 radical (unpaired) electrons. The molecule has 1 aliphatic carbocycles. The van der Waals surface area contributed by atoms with E-state index in [1.807, 2.05) is 24.3 Å². The lowest BCUT2D eigenvalue weighted by molar-refractivity contribution is 0.00177. The van der Waals surface area contributed by atoms with E-state index in [9.17, 15) is 10.2 Å². The number of rotatable bonds is 1. The van der Waals surface area contributed by atoms with Crippen molar-refractivity contribution in [3.05, 3.63) is 36.1 Å². The predicted molar refractivity (Wildman–Crippen MR) is 62.5 cm³/mol. The first kappa shape index (κ1) is 10.2. The SMILES string of the molecule is O[C]1CCC[C@]1(O)c1nsc2ccccc12. The first-order chi connectivity index (χ1) is 7.72. The van der Waals surface area contributed by atoms with Crippen LogP contribution < -0.4 is 0 Å². The van der Waals surface area contributed by atoms with Gasteiger partial charge in [0.1, 0.15) is 11.7 Å². The molecule has 0 amide bonds. The van der Waals surface area contributed by atoms with Gasteiger partial charge in [-0.15, -0.1) is 0 Å². The Balaban J connectivity index is 2.19. The van der Waals surface area contributed by atoms with Crippen LogP contribution in [0.3, 0.4) is 0 Å². The van der Waals surface area contributed by atoms with Gasteiger partial charge in [0.25, 0.3) is 0 Å². The average Bonchev–Trinajstić information content (AvgIpc) is 2.85. The van der Waals surface area contributed by atoms with Gasteiger partial charge in [0.2, 0.25) is 0 Å². The van der Waals surface area contributed by atoms with Gasteiger partial charge in [0.15, 0.2) is 0 Å². The van der Waals surface area contributed by atoms with E-state index >= 15 is 0 Å². The summed E-state index contributed by atoms with van der Waals surface area (Å²) in [6.45, 7) is 0. The van der Waals surface area contributed by atoms with E-state index in [2.05, 4.69) is 4.37 Å². The molecule has 83 valence electrons. The summed E-state index contributed by atoms with van der Waals surface area (Å²) >= 11 is 1.37. The number of fused-ring (bicyclic) bond motifs is 1. The summed E-state index contributed by atoms with van der Waals surface area (Å²) in [5, 5.41) is 21.2. The van der Waals surface area contributed by atoms with Gasteiger partial charge >= 0.3 is 0 Å². The minimum atomic E-state index is -1.22. The fourth-order valence-electron chi connectivity index (χ4n) is 2.30. The van der Waals surface area contributed by atoms with Gasteiger partial charge in [-0.05, 0) is 36.9 Å². The molecule has 1 heterocycles. The molecule has 0 spiro atoms. The molecular weight excluding hydrogens is 222 g/mol. The smallest absolute Gasteiger partial charge is 0.140 e. The van der Waals surface area contributed by atoms with Crippen molar-refractivity contribution in [2.75, 3.05) is 0 Å². The molecule has 1 atom stereocenters. The van der Waals surface area contributed by atoms with Crippen molar-refractivity contribution in [3.8, 4) is 0 Å². The molecule has 4 heteroatoms. The van der Waals surface area contributed by atoms with Crippen LogP contribution in [0.25, 0.3) is 10.1 Å². The lowest BCUT2D eigenvalue weighted by atomic mass is 9.93. The third kappa shape index (κ3) is 1.30. The highest BCUT2D eigenvalue weighted by Crippen LogP contribution is 2.45. The Morgan fingerprint density at radius 1 is 1.31 bits per heavy atom. The quantitative estimate of drug-likeness (QED) is 0.797. The Morgan fingerprint density at radius 2 is 2.12 bits per heavy atom. The van der Waals surface area contributed by atoms with E-state index in [1.54, 1.807) is 0 Å². The van der Waals surface area contributed by atoms with Gasteiger partial charge < -0.3 is 10.2 Å². The van der Waals surface area contributed by atoms with Crippen LogP contribution in [-0.4, -0.2) is 14.6 Å². The number of aromatic nitrogens is 1. The van der Waals surface area contributed by atoms with Crippen LogP contribution in [0.4, 0.5) is 0 Å². The molecule has 2 aromatic rings. The molecule has 1 aromatic carbocycles. The summed E-state index contributed by atoms with van der Waals surface area (Å²) in [4.78, 5) is 0. The van der Waals surface area contributed by atoms with Gasteiger partial charge in [-0.2, -0.15) is 4.37 Å². The van der Waals surface area contributed by atoms with E-state index in [-0.39, 0.29) is 6.10 Å². The normalized spacial score (nSPS) is 26.6. The maximum atomic E-state index is 10.5. The van der Waals surface area contributed by atoms with Gasteiger partial charge in [0, 0.05) is 5.39 Å². The summed E-state index contributed by atoms with van der Waals surface area (Å²) < 4.78 is 5.36. The van der Waals surface area contributed by atoms with Gasteiger partial charge in [-0.3, -0.25) is 0 Å². The maximum Gasteiger partial charge on any atom is 0.140 e. The molecule has 3 nitrogen and oxygen atoms in total. The Labute approximate surface area is 97.5 Å². The topological polar surface area (TPSA) is 53.4 Å². The van der Waals surface area contributed by atoms with Crippen LogP contribution in [0.2, 0.25) is 0 Å². The summed E-state index contributed by atoms with van der Waals surface area (Å²) in [5.41, 5.74) is -0.609. The van der Waals surface area contributed by atoms with Crippen molar-refractivity contribution in [3.63, 3.8) is 0 Å². The molecule has 0 aliphatic heterocycles. The van der Waals surface area contributed by atoms with Gasteiger partial charge in [-0.25, -0.2) is 0 Å². The molecule has 0 unspecified atom stereocenters. The van der Waals surface area contributed by atoms with Crippen LogP contribution in [0.1, 0.15) is 25.0 Å². The summed E-state index contributed by atoms with van der Waals surface area (Å²) in [6, 6.07) is 7.80. The number of hydrogen-bond acceptors (Lipinski definition) is 4. The van der Waals surface area contributed by atoms with Crippen molar-refractivity contribution in [1.82, 2.24) is 4.37 Å². The first-order valence-electron chi connectivity index (χ1n) is 5.34. The molecule has 16 heavy (non-hydrogen) atoms. The zero-order valence-corrected chi connectivity index (χ0v) is 9.50. The van der Waals surface area contributed by atoms with Crippen LogP contribution in [0.5, 0.6) is 0 Å². The molecular formula is C12H12NO2S. The molecule has 0 saturated heterocycles. The minimum absolute atomic E-state index is 0.156. The first-order valence-corrected chi connectivity index (χ1v) is 6.12. The van der Waals surface area contributed by atoms with Crippen LogP contribution in [-0.2, 0) is 5.60 Å². The second-order valence-corrected chi connectivity index (χ2v) is 4.99. The molecule has 1 saturated carbocycles. The fraction of sp³-hybridized carbons (Fsp3) is 0.333. The number of nitrogens with zero attached hydrogens (tertiary/aromatic N) is 1. The fourth-order valence-corrected chi connectivity index (χ4v) is 3.14. The number of benzene rings is 1. The van der Waals surface area contributed by atoms with E-state index < -0.39 is 5.60 Å². The third-order valence-corrected chi connectivity index (χ3v) is 4.03. The maximum absolute atomic E-state index is 10.5. The highest BCUT2D eigenvalue weighted by atomic mass is 32.1. The Kier molecular flexibility index (Phi) is 2.24. The number of hydrogen-bond donors (Lipinski definition) is 2. The van der Waals surface area contributed by atoms with Crippen molar-refractivity contribution in [2.24, 2.45) is 0 Å². The van der Waals surface area contributed by atoms with E-state index in [0.29, 0.717) is 18.5 Å². The Hall–Kier alpha value is -0.970. The summed E-state index contributed by atoms with van der Waals surface area (Å²) in [5.74, 6) is 0. The molecule has 1 fully saturated rings. The summed E-state index contributed by atoms with van der Waals surface area (Å²) in [7, 11) is 0. The molecule has 2 N–H and O–H groups in total. The van der Waals surface area contributed by atoms with E-state index in [0.717, 1.165) is 16.5 Å². The van der Waals surface area contributed by atoms with Crippen LogP contribution in [0.15, 0.2) is 24.3 Å². The molecule has 0 bridgehead atoms. The van der Waals surface area contributed by atoms with Crippen molar-refractivity contribution >= 4 is 21.6 Å². The lowest BCUT2D eigenvalue weighted by Crippen LogP contribution is -2.29. The van der Waals surface area contributed by atoms with Crippen molar-refractivity contribution in [1.29, 1.82) is 0 Å². The molecule has 1 aliphatic rings. The second-order valence-electron chi connectivity index (χ2n) is 4.19. The van der Waals surface area contributed by atoms with Crippen LogP contribution >= 0.6 is 11.5 Å². The van der Waals surface area contributed by atoms with Gasteiger partial charge in [0.05, 0.1) is 10.4 Å². The highest BCUT2D eigenvalue weighted by molar-refractivity contribution is 7.13. The van der Waals surface area contributed by atoms with Crippen molar-refractivity contribution in [2.45, 2.75) is 24.9 Å². The highest BCUT2D eigenvalue weighted by Gasteiger charge is 2.45. The zero-order valence-electron chi connectivity index (χ0n) is 8.68. The average molecular weight is 234 g/mol. The number of aliphatic hydroxyl groups is 2. The zero-order chi connectivity index (χ0) is 11.2. The van der Waals surface area contributed by atoms with E-state index in [1.165, 1.54) is 11.5 Å². The lowest BCUT2D eigenvalue weighted by Gasteiger charge is -2.23.